The fraction of sp³-hybridized carbons (Fsp3) is 0.132. The summed E-state index contributed by atoms with van der Waals surface area (Å²) in [5.41, 5.74) is 17.6. The van der Waals surface area contributed by atoms with Gasteiger partial charge in [-0.15, -0.1) is 0 Å². The normalized spacial score (nSPS) is 16.1. The van der Waals surface area contributed by atoms with Crippen LogP contribution in [0.2, 0.25) is 0 Å². The van der Waals surface area contributed by atoms with Crippen molar-refractivity contribution < 1.29 is 0 Å². The van der Waals surface area contributed by atoms with Crippen LogP contribution in [-0.2, 0) is 5.41 Å². The summed E-state index contributed by atoms with van der Waals surface area (Å²) in [6, 6.07) is 40.7. The minimum atomic E-state index is -0.0982. The molecule has 6 aromatic rings. The van der Waals surface area contributed by atoms with E-state index in [9.17, 15) is 0 Å². The van der Waals surface area contributed by atoms with Crippen molar-refractivity contribution in [2.45, 2.75) is 45.4 Å². The second-order valence-electron chi connectivity index (χ2n) is 15.4. The molecule has 9 rings (SSSR count). The Balaban J connectivity index is 1.16. The maximum absolute atomic E-state index is 3.83. The number of anilines is 2. The van der Waals surface area contributed by atoms with Gasteiger partial charge in [0.1, 0.15) is 0 Å². The molecular weight excluding hydrogens is 665 g/mol. The van der Waals surface area contributed by atoms with Gasteiger partial charge in [0.15, 0.2) is 0 Å². The van der Waals surface area contributed by atoms with Gasteiger partial charge in [-0.3, -0.25) is 0 Å². The second kappa shape index (κ2) is 14.1. The van der Waals surface area contributed by atoms with Crippen molar-refractivity contribution in [2.24, 2.45) is 0 Å². The zero-order valence-electron chi connectivity index (χ0n) is 32.0. The number of benzene rings is 5. The molecule has 0 radical (unpaired) electrons. The van der Waals surface area contributed by atoms with Crippen molar-refractivity contribution >= 4 is 50.0 Å². The third kappa shape index (κ3) is 6.09. The lowest BCUT2D eigenvalue weighted by Gasteiger charge is -2.29. The molecule has 0 N–H and O–H groups in total. The summed E-state index contributed by atoms with van der Waals surface area (Å²) in [5, 5.41) is 2.60. The third-order valence-electron chi connectivity index (χ3n) is 11.6. The monoisotopic (exact) mass is 710 g/mol. The van der Waals surface area contributed by atoms with Gasteiger partial charge in [0.2, 0.25) is 0 Å². The van der Waals surface area contributed by atoms with Gasteiger partial charge in [0.25, 0.3) is 0 Å². The first-order valence-electron chi connectivity index (χ1n) is 19.5. The first-order valence-corrected chi connectivity index (χ1v) is 19.5. The topological polar surface area (TPSA) is 8.17 Å². The number of aromatic nitrogens is 1. The molecule has 5 aromatic carbocycles. The van der Waals surface area contributed by atoms with Crippen LogP contribution in [0.4, 0.5) is 11.4 Å². The van der Waals surface area contributed by atoms with E-state index < -0.39 is 0 Å². The maximum atomic E-state index is 3.83. The molecule has 1 aromatic heterocycles. The number of nitrogens with zero attached hydrogens (tertiary/aromatic N) is 2. The average molecular weight is 711 g/mol. The van der Waals surface area contributed by atoms with Crippen LogP contribution in [0.3, 0.4) is 0 Å². The predicted molar refractivity (Wildman–Crippen MR) is 237 cm³/mol. The SMILES string of the molecule is C=C/C=C\C=C(/C)c1cccc(N(C2=CC=C(c3ccc4c(c3)c3ccccc3n4C3=CC=CCC3)CC=C2)c2ccc3c(c2)C(C)(C)c2ccccc2-3)c1. The third-order valence-corrected chi connectivity index (χ3v) is 11.6. The molecule has 0 saturated heterocycles. The fourth-order valence-electron chi connectivity index (χ4n) is 8.78. The minimum Gasteiger partial charge on any atom is -0.313 e. The molecule has 0 unspecified atom stereocenters. The Morgan fingerprint density at radius 3 is 2.42 bits per heavy atom. The van der Waals surface area contributed by atoms with Crippen molar-refractivity contribution in [2.75, 3.05) is 4.90 Å². The van der Waals surface area contributed by atoms with Crippen molar-refractivity contribution in [3.63, 3.8) is 0 Å². The summed E-state index contributed by atoms with van der Waals surface area (Å²) >= 11 is 0. The molecule has 2 heteroatoms. The molecule has 0 bridgehead atoms. The number of hydrogen-bond acceptors (Lipinski definition) is 1. The van der Waals surface area contributed by atoms with Gasteiger partial charge in [-0.2, -0.15) is 0 Å². The highest BCUT2D eigenvalue weighted by molar-refractivity contribution is 6.11. The molecule has 268 valence electrons. The highest BCUT2D eigenvalue weighted by Gasteiger charge is 2.35. The van der Waals surface area contributed by atoms with Gasteiger partial charge in [-0.1, -0.05) is 136 Å². The Kier molecular flexibility index (Phi) is 8.83. The quantitative estimate of drug-likeness (QED) is 0.143. The van der Waals surface area contributed by atoms with E-state index in [1.165, 1.54) is 72.0 Å². The molecule has 0 saturated carbocycles. The van der Waals surface area contributed by atoms with Crippen molar-refractivity contribution in [3.05, 3.63) is 211 Å². The molecule has 0 spiro atoms. The smallest absolute Gasteiger partial charge is 0.0538 e. The Morgan fingerprint density at radius 1 is 0.727 bits per heavy atom. The Bertz CT molecular complexity index is 2730. The Labute approximate surface area is 325 Å². The predicted octanol–water partition coefficient (Wildman–Crippen LogP) is 14.5. The summed E-state index contributed by atoms with van der Waals surface area (Å²) < 4.78 is 2.46. The van der Waals surface area contributed by atoms with Crippen molar-refractivity contribution in [3.8, 4) is 11.1 Å². The zero-order chi connectivity index (χ0) is 37.5. The van der Waals surface area contributed by atoms with E-state index in [2.05, 4.69) is 201 Å². The number of fused-ring (bicyclic) bond motifs is 6. The average Bonchev–Trinajstić information content (AvgIpc) is 3.52. The molecule has 0 fully saturated rings. The Morgan fingerprint density at radius 2 is 1.55 bits per heavy atom. The minimum absolute atomic E-state index is 0.0982. The van der Waals surface area contributed by atoms with Crippen LogP contribution in [0.1, 0.15) is 62.3 Å². The molecule has 2 nitrogen and oxygen atoms in total. The molecule has 0 atom stereocenters. The summed E-state index contributed by atoms with van der Waals surface area (Å²) in [6.07, 6.45) is 26.9. The van der Waals surface area contributed by atoms with E-state index in [1.54, 1.807) is 0 Å². The molecule has 0 aliphatic heterocycles. The van der Waals surface area contributed by atoms with E-state index in [1.807, 2.05) is 12.2 Å². The van der Waals surface area contributed by atoms with E-state index in [-0.39, 0.29) is 5.41 Å². The first kappa shape index (κ1) is 34.4. The van der Waals surface area contributed by atoms with E-state index in [0.717, 1.165) is 36.3 Å². The zero-order valence-corrected chi connectivity index (χ0v) is 32.0. The van der Waals surface area contributed by atoms with Crippen LogP contribution in [0.5, 0.6) is 0 Å². The molecular formula is C53H46N2. The first-order chi connectivity index (χ1) is 26.9. The second-order valence-corrected chi connectivity index (χ2v) is 15.4. The molecule has 55 heavy (non-hydrogen) atoms. The van der Waals surface area contributed by atoms with Crippen LogP contribution in [0, 0.1) is 0 Å². The lowest BCUT2D eigenvalue weighted by molar-refractivity contribution is 0.660. The molecule has 3 aliphatic carbocycles. The standard InChI is InChI=1S/C53H46N2/c1-5-6-8-17-37(2)39-19-16-23-43(34-39)54(44-31-32-46-45-24-11-13-26-49(45)53(3,4)50(46)36-44)42-22-15-18-38(28-30-42)40-29-33-52-48(35-40)47-25-12-14-27-51(47)55(52)41-20-9-7-10-21-41/h5-9,11-17,19-20,22-36H,1,10,18,21H2,2-4H3/b8-6-,37-17+. The fourth-order valence-corrected chi connectivity index (χ4v) is 8.78. The van der Waals surface area contributed by atoms with Gasteiger partial charge in [0.05, 0.1) is 11.0 Å². The van der Waals surface area contributed by atoms with Gasteiger partial charge < -0.3 is 9.47 Å². The van der Waals surface area contributed by atoms with E-state index >= 15 is 0 Å². The van der Waals surface area contributed by atoms with Crippen LogP contribution in [0.15, 0.2) is 188 Å². The Hall–Kier alpha value is -6.38. The van der Waals surface area contributed by atoms with Gasteiger partial charge in [-0.25, -0.2) is 0 Å². The van der Waals surface area contributed by atoms with Crippen LogP contribution < -0.4 is 4.90 Å². The van der Waals surface area contributed by atoms with Gasteiger partial charge >= 0.3 is 0 Å². The van der Waals surface area contributed by atoms with Crippen LogP contribution >= 0.6 is 0 Å². The lowest BCUT2D eigenvalue weighted by Crippen LogP contribution is -2.18. The van der Waals surface area contributed by atoms with Gasteiger partial charge in [-0.05, 0) is 131 Å². The van der Waals surface area contributed by atoms with Crippen molar-refractivity contribution in [1.82, 2.24) is 4.57 Å². The maximum Gasteiger partial charge on any atom is 0.0538 e. The number of allylic oxidation sites excluding steroid dienone is 14. The summed E-state index contributed by atoms with van der Waals surface area (Å²) in [6.45, 7) is 10.7. The highest BCUT2D eigenvalue weighted by Crippen LogP contribution is 2.50. The lowest BCUT2D eigenvalue weighted by atomic mass is 9.82. The van der Waals surface area contributed by atoms with Crippen molar-refractivity contribution in [1.29, 1.82) is 0 Å². The number of hydrogen-bond donors (Lipinski definition) is 0. The van der Waals surface area contributed by atoms with E-state index in [0.29, 0.717) is 0 Å². The summed E-state index contributed by atoms with van der Waals surface area (Å²) in [5.74, 6) is 0. The van der Waals surface area contributed by atoms with Crippen LogP contribution in [-0.4, -0.2) is 4.57 Å². The number of para-hydroxylation sites is 1. The van der Waals surface area contributed by atoms with E-state index in [4.69, 9.17) is 0 Å². The molecule has 0 amide bonds. The molecule has 1 heterocycles. The summed E-state index contributed by atoms with van der Waals surface area (Å²) in [4.78, 5) is 2.43. The largest absolute Gasteiger partial charge is 0.313 e. The van der Waals surface area contributed by atoms with Gasteiger partial charge in [0, 0.05) is 39.0 Å². The highest BCUT2D eigenvalue weighted by atomic mass is 15.1. The number of rotatable bonds is 8. The molecule has 3 aliphatic rings. The summed E-state index contributed by atoms with van der Waals surface area (Å²) in [7, 11) is 0. The van der Waals surface area contributed by atoms with Crippen LogP contribution in [0.25, 0.3) is 49.8 Å².